The minimum absolute atomic E-state index is 0.0452. The van der Waals surface area contributed by atoms with Crippen molar-refractivity contribution in [2.75, 3.05) is 0 Å². The van der Waals surface area contributed by atoms with E-state index in [2.05, 4.69) is 0 Å². The monoisotopic (exact) mass is 343 g/mol. The Labute approximate surface area is 143 Å². The number of nitrogens with zero attached hydrogens (tertiary/aromatic N) is 1. The van der Waals surface area contributed by atoms with E-state index in [1.165, 1.54) is 6.92 Å². The Hall–Kier alpha value is -2.66. The number of fused-ring (bicyclic) bond motifs is 1. The molecule has 6 heteroatoms. The van der Waals surface area contributed by atoms with Gasteiger partial charge in [-0.1, -0.05) is 35.9 Å². The quantitative estimate of drug-likeness (QED) is 0.632. The molecule has 0 saturated carbocycles. The van der Waals surface area contributed by atoms with Gasteiger partial charge in [0.1, 0.15) is 12.6 Å². The maximum atomic E-state index is 12.3. The van der Waals surface area contributed by atoms with Crippen LogP contribution in [0.1, 0.15) is 33.2 Å². The van der Waals surface area contributed by atoms with Gasteiger partial charge >= 0.3 is 5.97 Å². The summed E-state index contributed by atoms with van der Waals surface area (Å²) in [6.07, 6.45) is 0. The van der Waals surface area contributed by atoms with Crippen molar-refractivity contribution in [1.82, 2.24) is 4.90 Å². The van der Waals surface area contributed by atoms with Crippen molar-refractivity contribution >= 4 is 29.4 Å². The summed E-state index contributed by atoms with van der Waals surface area (Å²) in [4.78, 5) is 37.9. The molecule has 1 aliphatic heterocycles. The topological polar surface area (TPSA) is 63.7 Å². The smallest absolute Gasteiger partial charge is 0.329 e. The predicted octanol–water partition coefficient (Wildman–Crippen LogP) is 3.07. The summed E-state index contributed by atoms with van der Waals surface area (Å²) in [5, 5.41) is 0.587. The lowest BCUT2D eigenvalue weighted by atomic mass is 10.1. The van der Waals surface area contributed by atoms with Gasteiger partial charge in [0.15, 0.2) is 0 Å². The van der Waals surface area contributed by atoms with Crippen LogP contribution in [0.2, 0.25) is 5.02 Å². The van der Waals surface area contributed by atoms with E-state index in [4.69, 9.17) is 16.3 Å². The zero-order valence-electron chi connectivity index (χ0n) is 12.9. The summed E-state index contributed by atoms with van der Waals surface area (Å²) in [7, 11) is 0. The molecule has 0 aliphatic carbocycles. The van der Waals surface area contributed by atoms with Crippen LogP contribution < -0.4 is 0 Å². The van der Waals surface area contributed by atoms with Crippen molar-refractivity contribution in [3.63, 3.8) is 0 Å². The Morgan fingerprint density at radius 1 is 1.04 bits per heavy atom. The first-order valence-corrected chi connectivity index (χ1v) is 7.75. The average molecular weight is 344 g/mol. The zero-order chi connectivity index (χ0) is 17.3. The third kappa shape index (κ3) is 2.90. The minimum atomic E-state index is -0.996. The summed E-state index contributed by atoms with van der Waals surface area (Å²) in [5.74, 6) is -1.60. The highest BCUT2D eigenvalue weighted by atomic mass is 35.5. The summed E-state index contributed by atoms with van der Waals surface area (Å²) in [5.41, 5.74) is 1.38. The van der Waals surface area contributed by atoms with Crippen LogP contribution in [0, 0.1) is 0 Å². The molecule has 1 atom stereocenters. The number of halogens is 1. The fraction of sp³-hybridized carbons (Fsp3) is 0.167. The molecule has 2 aromatic rings. The Bertz CT molecular complexity index is 781. The minimum Gasteiger partial charge on any atom is -0.459 e. The van der Waals surface area contributed by atoms with E-state index in [0.717, 1.165) is 10.5 Å². The van der Waals surface area contributed by atoms with Crippen LogP contribution in [-0.4, -0.2) is 28.7 Å². The SMILES string of the molecule is C[C@H](C(=O)OCc1ccc(Cl)cc1)N1C(=O)c2ccccc2C1=O. The summed E-state index contributed by atoms with van der Waals surface area (Å²) >= 11 is 5.80. The molecular formula is C18H14ClNO4. The van der Waals surface area contributed by atoms with Gasteiger partial charge in [0, 0.05) is 5.02 Å². The Kier molecular flexibility index (Phi) is 4.36. The molecule has 1 aliphatic rings. The van der Waals surface area contributed by atoms with Crippen LogP contribution in [0.15, 0.2) is 48.5 Å². The highest BCUT2D eigenvalue weighted by Gasteiger charge is 2.41. The largest absolute Gasteiger partial charge is 0.459 e. The van der Waals surface area contributed by atoms with Crippen molar-refractivity contribution in [3.8, 4) is 0 Å². The third-order valence-corrected chi connectivity index (χ3v) is 4.10. The van der Waals surface area contributed by atoms with Gasteiger partial charge in [-0.3, -0.25) is 14.5 Å². The number of hydrogen-bond donors (Lipinski definition) is 0. The first-order valence-electron chi connectivity index (χ1n) is 7.37. The number of carbonyl (C=O) groups excluding carboxylic acids is 3. The zero-order valence-corrected chi connectivity index (χ0v) is 13.6. The van der Waals surface area contributed by atoms with E-state index in [1.807, 2.05) is 0 Å². The number of hydrogen-bond acceptors (Lipinski definition) is 4. The third-order valence-electron chi connectivity index (χ3n) is 3.85. The van der Waals surface area contributed by atoms with Crippen LogP contribution in [0.4, 0.5) is 0 Å². The van der Waals surface area contributed by atoms with Gasteiger partial charge in [0.2, 0.25) is 0 Å². The van der Waals surface area contributed by atoms with E-state index in [-0.39, 0.29) is 6.61 Å². The number of amides is 2. The Morgan fingerprint density at radius 3 is 2.12 bits per heavy atom. The predicted molar refractivity (Wildman–Crippen MR) is 87.7 cm³/mol. The second kappa shape index (κ2) is 6.45. The molecule has 0 spiro atoms. The van der Waals surface area contributed by atoms with Crippen LogP contribution in [0.5, 0.6) is 0 Å². The van der Waals surface area contributed by atoms with Gasteiger partial charge in [-0.05, 0) is 36.8 Å². The highest BCUT2D eigenvalue weighted by molar-refractivity contribution is 6.30. The molecule has 0 bridgehead atoms. The van der Waals surface area contributed by atoms with E-state index >= 15 is 0 Å². The lowest BCUT2D eigenvalue weighted by Gasteiger charge is -2.20. The van der Waals surface area contributed by atoms with E-state index < -0.39 is 23.8 Å². The van der Waals surface area contributed by atoms with Gasteiger partial charge in [0.25, 0.3) is 11.8 Å². The highest BCUT2D eigenvalue weighted by Crippen LogP contribution is 2.25. The van der Waals surface area contributed by atoms with Crippen LogP contribution in [0.25, 0.3) is 0 Å². The fourth-order valence-electron chi connectivity index (χ4n) is 2.52. The molecule has 0 aromatic heterocycles. The number of ether oxygens (including phenoxy) is 1. The van der Waals surface area contributed by atoms with Gasteiger partial charge in [-0.25, -0.2) is 4.79 Å². The van der Waals surface area contributed by atoms with Crippen molar-refractivity contribution in [2.24, 2.45) is 0 Å². The van der Waals surface area contributed by atoms with Crippen molar-refractivity contribution in [1.29, 1.82) is 0 Å². The number of esters is 1. The van der Waals surface area contributed by atoms with Gasteiger partial charge < -0.3 is 4.74 Å². The molecule has 0 fully saturated rings. The molecule has 2 aromatic carbocycles. The van der Waals surface area contributed by atoms with Gasteiger partial charge in [0.05, 0.1) is 11.1 Å². The van der Waals surface area contributed by atoms with Crippen LogP contribution >= 0.6 is 11.6 Å². The Morgan fingerprint density at radius 2 is 1.58 bits per heavy atom. The summed E-state index contributed by atoms with van der Waals surface area (Å²) in [6, 6.07) is 12.4. The summed E-state index contributed by atoms with van der Waals surface area (Å²) in [6.45, 7) is 1.52. The van der Waals surface area contributed by atoms with E-state index in [9.17, 15) is 14.4 Å². The van der Waals surface area contributed by atoms with Crippen molar-refractivity contribution in [3.05, 3.63) is 70.2 Å². The average Bonchev–Trinajstić information content (AvgIpc) is 2.85. The molecule has 3 rings (SSSR count). The first-order chi connectivity index (χ1) is 11.5. The molecule has 5 nitrogen and oxygen atoms in total. The Balaban J connectivity index is 1.69. The second-order valence-electron chi connectivity index (χ2n) is 5.44. The second-order valence-corrected chi connectivity index (χ2v) is 5.87. The first kappa shape index (κ1) is 16.2. The van der Waals surface area contributed by atoms with Crippen molar-refractivity contribution in [2.45, 2.75) is 19.6 Å². The normalized spacial score (nSPS) is 14.5. The fourth-order valence-corrected chi connectivity index (χ4v) is 2.65. The molecule has 0 unspecified atom stereocenters. The maximum Gasteiger partial charge on any atom is 0.329 e. The molecule has 122 valence electrons. The number of benzene rings is 2. The maximum absolute atomic E-state index is 12.3. The molecular weight excluding hydrogens is 330 g/mol. The van der Waals surface area contributed by atoms with Crippen LogP contribution in [-0.2, 0) is 16.1 Å². The lowest BCUT2D eigenvalue weighted by Crippen LogP contribution is -2.43. The molecule has 0 saturated heterocycles. The molecule has 0 N–H and O–H groups in total. The number of carbonyl (C=O) groups is 3. The van der Waals surface area contributed by atoms with Gasteiger partial charge in [-0.2, -0.15) is 0 Å². The number of imide groups is 1. The summed E-state index contributed by atoms with van der Waals surface area (Å²) < 4.78 is 5.21. The lowest BCUT2D eigenvalue weighted by molar-refractivity contribution is -0.149. The van der Waals surface area contributed by atoms with E-state index in [1.54, 1.807) is 48.5 Å². The molecule has 1 heterocycles. The van der Waals surface area contributed by atoms with Crippen molar-refractivity contribution < 1.29 is 19.1 Å². The molecule has 0 radical (unpaired) electrons. The molecule has 24 heavy (non-hydrogen) atoms. The van der Waals surface area contributed by atoms with Gasteiger partial charge in [-0.15, -0.1) is 0 Å². The standard InChI is InChI=1S/C18H14ClNO4/c1-11(18(23)24-10-12-6-8-13(19)9-7-12)20-16(21)14-4-2-3-5-15(14)17(20)22/h2-9,11H,10H2,1H3/t11-/m1/s1. The number of rotatable bonds is 4. The van der Waals surface area contributed by atoms with Crippen LogP contribution in [0.3, 0.4) is 0 Å². The molecule has 2 amide bonds. The van der Waals surface area contributed by atoms with E-state index in [0.29, 0.717) is 16.1 Å².